The van der Waals surface area contributed by atoms with Gasteiger partial charge in [0, 0.05) is 62.6 Å². The molecule has 6 heterocycles. The highest BCUT2D eigenvalue weighted by Crippen LogP contribution is 2.44. The van der Waals surface area contributed by atoms with E-state index in [0.717, 1.165) is 11.2 Å². The number of aromatic nitrogens is 4. The number of aliphatic hydroxyl groups is 1. The van der Waals surface area contributed by atoms with Gasteiger partial charge in [0.1, 0.15) is 29.6 Å². The molecular formula is C48H70N6O11. The summed E-state index contributed by atoms with van der Waals surface area (Å²) in [7, 11) is 5.28. The second kappa shape index (κ2) is 21.0. The molecule has 3 fully saturated rings. The summed E-state index contributed by atoms with van der Waals surface area (Å²) < 4.78 is 40.5. The summed E-state index contributed by atoms with van der Waals surface area (Å²) in [5.74, 6) is -4.81. The minimum Gasteiger partial charge on any atom is -0.461 e. The van der Waals surface area contributed by atoms with Crippen LogP contribution in [0.1, 0.15) is 93.1 Å². The van der Waals surface area contributed by atoms with Gasteiger partial charge in [0.15, 0.2) is 17.5 Å². The molecule has 3 aliphatic rings. The fraction of sp³-hybridized carbons (Fsp3) is 0.688. The van der Waals surface area contributed by atoms with Crippen LogP contribution in [0.5, 0.6) is 0 Å². The van der Waals surface area contributed by atoms with Crippen LogP contribution in [-0.4, -0.2) is 146 Å². The van der Waals surface area contributed by atoms with Gasteiger partial charge in [-0.25, -0.2) is 14.8 Å². The van der Waals surface area contributed by atoms with Crippen LogP contribution in [0.2, 0.25) is 0 Å². The summed E-state index contributed by atoms with van der Waals surface area (Å²) in [4.78, 5) is 74.3. The Morgan fingerprint density at radius 2 is 1.72 bits per heavy atom. The summed E-state index contributed by atoms with van der Waals surface area (Å²) >= 11 is 0. The number of amides is 1. The molecule has 6 rings (SSSR count). The van der Waals surface area contributed by atoms with Gasteiger partial charge in [0.25, 0.3) is 0 Å². The zero-order chi connectivity index (χ0) is 47.4. The van der Waals surface area contributed by atoms with Crippen molar-refractivity contribution in [2.24, 2.45) is 23.7 Å². The molecule has 0 saturated carbocycles. The van der Waals surface area contributed by atoms with Gasteiger partial charge in [0.05, 0.1) is 42.5 Å². The molecule has 0 bridgehead atoms. The minimum absolute atomic E-state index is 0.120. The Balaban J connectivity index is 1.37. The molecule has 0 aromatic carbocycles. The number of hydrogen-bond donors (Lipinski definition) is 1. The Morgan fingerprint density at radius 1 is 1.00 bits per heavy atom. The van der Waals surface area contributed by atoms with E-state index in [1.165, 1.54) is 7.11 Å². The van der Waals surface area contributed by atoms with E-state index in [4.69, 9.17) is 28.4 Å². The van der Waals surface area contributed by atoms with Crippen molar-refractivity contribution >= 4 is 35.0 Å². The van der Waals surface area contributed by atoms with Crippen molar-refractivity contribution in [2.75, 3.05) is 27.7 Å². The molecule has 3 aromatic heterocycles. The van der Waals surface area contributed by atoms with Crippen molar-refractivity contribution in [1.82, 2.24) is 29.3 Å². The van der Waals surface area contributed by atoms with E-state index >= 15 is 0 Å². The molecule has 17 heteroatoms. The SMILES string of the molecule is CC[C@H]1OC(=O)[C@H](C)[C@@H](OC(=O)Cc2cccnc2)[C@H](C)[C@@H](O[C@@H]2O[C@H](C)C[C@H](N(C)C)[C@H]2O)[C@@](C)(OC)C[C@@H](C)C(=O)[C@H](C)[C@H]2N(CCCCn3cnc4cccnc43)C(=O)O[C@]12C. The molecule has 3 aromatic rings. The Morgan fingerprint density at radius 3 is 2.40 bits per heavy atom. The van der Waals surface area contributed by atoms with Crippen LogP contribution in [0, 0.1) is 23.7 Å². The van der Waals surface area contributed by atoms with Crippen molar-refractivity contribution < 1.29 is 52.7 Å². The fourth-order valence-corrected chi connectivity index (χ4v) is 10.5. The Kier molecular flexibility index (Phi) is 16.1. The first-order valence-electron chi connectivity index (χ1n) is 23.1. The van der Waals surface area contributed by atoms with Crippen LogP contribution in [-0.2, 0) is 55.8 Å². The first kappa shape index (κ1) is 49.9. The zero-order valence-corrected chi connectivity index (χ0v) is 39.9. The molecule has 0 radical (unpaired) electrons. The molecule has 3 aliphatic heterocycles. The van der Waals surface area contributed by atoms with Gasteiger partial charge in [-0.3, -0.25) is 19.4 Å². The number of nitrogens with zero attached hydrogens (tertiary/aromatic N) is 6. The maximum absolute atomic E-state index is 15.0. The van der Waals surface area contributed by atoms with Gasteiger partial charge in [-0.05, 0) is 97.7 Å². The number of pyridine rings is 2. The summed E-state index contributed by atoms with van der Waals surface area (Å²) in [6.45, 7) is 15.3. The lowest BCUT2D eigenvalue weighted by atomic mass is 9.73. The molecule has 0 unspecified atom stereocenters. The van der Waals surface area contributed by atoms with E-state index in [0.29, 0.717) is 31.4 Å². The van der Waals surface area contributed by atoms with E-state index < -0.39 is 89.7 Å². The number of imidazole rings is 1. The van der Waals surface area contributed by atoms with Gasteiger partial charge in [-0.15, -0.1) is 0 Å². The van der Waals surface area contributed by atoms with Gasteiger partial charge < -0.3 is 47.9 Å². The second-order valence-corrected chi connectivity index (χ2v) is 19.1. The number of ether oxygens (including phenoxy) is 6. The predicted octanol–water partition coefficient (Wildman–Crippen LogP) is 5.40. The van der Waals surface area contributed by atoms with E-state index in [2.05, 4.69) is 15.0 Å². The first-order chi connectivity index (χ1) is 30.8. The van der Waals surface area contributed by atoms with Crippen LogP contribution in [0.4, 0.5) is 4.79 Å². The normalized spacial score (nSPS) is 35.1. The van der Waals surface area contributed by atoms with Crippen LogP contribution >= 0.6 is 0 Å². The third-order valence-electron chi connectivity index (χ3n) is 14.1. The van der Waals surface area contributed by atoms with Crippen LogP contribution in [0.15, 0.2) is 49.2 Å². The van der Waals surface area contributed by atoms with E-state index in [1.54, 1.807) is 69.6 Å². The summed E-state index contributed by atoms with van der Waals surface area (Å²) in [6, 6.07) is 6.09. The first-order valence-corrected chi connectivity index (χ1v) is 23.1. The molecule has 14 atom stereocenters. The number of unbranched alkanes of at least 4 members (excludes halogenated alkanes) is 1. The minimum atomic E-state index is -1.44. The Bertz CT molecular complexity index is 2100. The summed E-state index contributed by atoms with van der Waals surface area (Å²) in [6.07, 6.45) is 2.41. The fourth-order valence-electron chi connectivity index (χ4n) is 10.5. The number of cyclic esters (lactones) is 1. The number of Topliss-reactive ketones (excluding diaryl/α,β-unsaturated/α-hetero) is 1. The number of aliphatic hydroxyl groups excluding tert-OH is 1. The summed E-state index contributed by atoms with van der Waals surface area (Å²) in [5, 5.41) is 11.7. The largest absolute Gasteiger partial charge is 0.461 e. The average molecular weight is 907 g/mol. The Hall–Kier alpha value is -4.55. The smallest absolute Gasteiger partial charge is 0.410 e. The number of likely N-dealkylation sites (N-methyl/N-ethyl adjacent to an activating group) is 1. The summed E-state index contributed by atoms with van der Waals surface area (Å²) in [5.41, 5.74) is -0.554. The average Bonchev–Trinajstić information content (AvgIpc) is 3.81. The molecule has 0 spiro atoms. The quantitative estimate of drug-likeness (QED) is 0.130. The molecule has 17 nitrogen and oxygen atoms in total. The Labute approximate surface area is 382 Å². The number of aryl methyl sites for hydroxylation is 1. The molecular weight excluding hydrogens is 837 g/mol. The number of methoxy groups -OCH3 is 1. The number of ketones is 1. The lowest BCUT2D eigenvalue weighted by Gasteiger charge is -2.48. The molecule has 1 N–H and O–H groups in total. The third-order valence-corrected chi connectivity index (χ3v) is 14.1. The monoisotopic (exact) mass is 907 g/mol. The van der Waals surface area contributed by atoms with Crippen LogP contribution in [0.3, 0.4) is 0 Å². The van der Waals surface area contributed by atoms with Crippen molar-refractivity contribution in [3.05, 3.63) is 54.7 Å². The molecule has 0 aliphatic carbocycles. The number of fused-ring (bicyclic) bond motifs is 2. The van der Waals surface area contributed by atoms with Crippen molar-refractivity contribution in [3.8, 4) is 0 Å². The lowest BCUT2D eigenvalue weighted by molar-refractivity contribution is -0.301. The molecule has 358 valence electrons. The molecule has 65 heavy (non-hydrogen) atoms. The highest BCUT2D eigenvalue weighted by atomic mass is 16.7. The van der Waals surface area contributed by atoms with Gasteiger partial charge in [0.2, 0.25) is 0 Å². The third kappa shape index (κ3) is 10.7. The highest BCUT2D eigenvalue weighted by Gasteiger charge is 2.60. The molecule has 3 saturated heterocycles. The maximum atomic E-state index is 15.0. The van der Waals surface area contributed by atoms with Crippen LogP contribution < -0.4 is 0 Å². The van der Waals surface area contributed by atoms with Crippen molar-refractivity contribution in [2.45, 2.75) is 161 Å². The lowest BCUT2D eigenvalue weighted by Crippen LogP contribution is -2.61. The van der Waals surface area contributed by atoms with E-state index in [9.17, 15) is 24.3 Å². The topological polar surface area (TPSA) is 194 Å². The number of esters is 2. The highest BCUT2D eigenvalue weighted by molar-refractivity contribution is 5.85. The van der Waals surface area contributed by atoms with Gasteiger partial charge in [-0.2, -0.15) is 0 Å². The standard InChI is InChI=1S/C48H70N6O11/c1-12-36-48(8)41(54(46(59)65-48)22-14-13-21-53-27-51-34-18-16-20-50-43(34)53)30(4)38(56)28(2)25-47(7,60-11)42(64-45-39(57)35(52(9)10)23-29(3)61-45)31(5)40(32(6)44(58)62-36)63-37(55)24-33-17-15-19-49-26-33/h15-20,26-32,35-36,39-42,45,57H,12-14,21-25H2,1-11H3/t28-,29-,30+,31+,32-,35+,36-,39-,40+,41-,42-,45+,47+,48-/m1/s1. The van der Waals surface area contributed by atoms with Crippen molar-refractivity contribution in [3.63, 3.8) is 0 Å². The van der Waals surface area contributed by atoms with Gasteiger partial charge >= 0.3 is 18.0 Å². The van der Waals surface area contributed by atoms with E-state index in [-0.39, 0.29) is 43.7 Å². The van der Waals surface area contributed by atoms with Gasteiger partial charge in [-0.1, -0.05) is 33.8 Å². The predicted molar refractivity (Wildman–Crippen MR) is 239 cm³/mol. The molecule has 1 amide bonds. The zero-order valence-electron chi connectivity index (χ0n) is 39.9. The second-order valence-electron chi connectivity index (χ2n) is 19.1. The number of carbonyl (C=O) groups is 4. The van der Waals surface area contributed by atoms with Crippen molar-refractivity contribution in [1.29, 1.82) is 0 Å². The maximum Gasteiger partial charge on any atom is 0.410 e. The number of rotatable bonds is 13. The number of carbonyl (C=O) groups excluding carboxylic acids is 4. The van der Waals surface area contributed by atoms with Crippen LogP contribution in [0.25, 0.3) is 11.2 Å². The number of hydrogen-bond acceptors (Lipinski definition) is 15. The van der Waals surface area contributed by atoms with E-state index in [1.807, 2.05) is 63.4 Å².